The van der Waals surface area contributed by atoms with Gasteiger partial charge >= 0.3 is 5.97 Å². The fourth-order valence-electron chi connectivity index (χ4n) is 2.98. The number of H-pyrrole nitrogens is 1. The summed E-state index contributed by atoms with van der Waals surface area (Å²) >= 11 is 6.16. The molecule has 3 rings (SSSR count). The van der Waals surface area contributed by atoms with E-state index in [1.807, 2.05) is 20.8 Å². The summed E-state index contributed by atoms with van der Waals surface area (Å²) < 4.78 is 6.06. The monoisotopic (exact) mass is 375 g/mol. The molecular formula is C19H19ClNO3P. The molecular weight excluding hydrogens is 357 g/mol. The van der Waals surface area contributed by atoms with Gasteiger partial charge in [-0.25, -0.2) is 4.79 Å². The highest BCUT2D eigenvalue weighted by Crippen LogP contribution is 2.40. The van der Waals surface area contributed by atoms with E-state index in [4.69, 9.17) is 16.1 Å². The molecule has 0 radical (unpaired) electrons. The Morgan fingerprint density at radius 3 is 2.48 bits per heavy atom. The predicted octanol–water partition coefficient (Wildman–Crippen LogP) is 4.52. The van der Waals surface area contributed by atoms with Crippen molar-refractivity contribution in [3.05, 3.63) is 58.2 Å². The van der Waals surface area contributed by atoms with E-state index >= 15 is 0 Å². The molecule has 4 nitrogen and oxygen atoms in total. The molecule has 0 aliphatic heterocycles. The van der Waals surface area contributed by atoms with E-state index in [0.717, 1.165) is 27.3 Å². The number of benzene rings is 2. The van der Waals surface area contributed by atoms with Crippen LogP contribution in [0.4, 0.5) is 0 Å². The Balaban J connectivity index is 2.30. The molecule has 6 heteroatoms. The van der Waals surface area contributed by atoms with Crippen LogP contribution in [0, 0.1) is 13.8 Å². The van der Waals surface area contributed by atoms with E-state index in [1.165, 1.54) is 0 Å². The van der Waals surface area contributed by atoms with Gasteiger partial charge in [-0.05, 0) is 51.1 Å². The standard InChI is InChI=1S/C19H19ClNO3P/c1-4-24-25(14-8-11(2)7-12(3)9-14)18-15-10-13(20)5-6-16(15)21-17(18)19(22)23/h5-10,21H,4H2,1-3H3,(H,22,23). The van der Waals surface area contributed by atoms with Crippen LogP contribution < -0.4 is 10.6 Å². The summed E-state index contributed by atoms with van der Waals surface area (Å²) in [4.78, 5) is 14.8. The number of carboxylic acids is 1. The van der Waals surface area contributed by atoms with Gasteiger partial charge in [0.15, 0.2) is 0 Å². The highest BCUT2D eigenvalue weighted by molar-refractivity contribution is 7.69. The largest absolute Gasteiger partial charge is 0.477 e. The first kappa shape index (κ1) is 17.9. The third kappa shape index (κ3) is 3.57. The maximum absolute atomic E-state index is 11.8. The quantitative estimate of drug-likeness (QED) is 0.644. The average molecular weight is 376 g/mol. The first-order valence-corrected chi connectivity index (χ1v) is 9.60. The van der Waals surface area contributed by atoms with Crippen molar-refractivity contribution in [3.63, 3.8) is 0 Å². The van der Waals surface area contributed by atoms with Crippen molar-refractivity contribution in [2.75, 3.05) is 6.61 Å². The Bertz CT molecular complexity index is 931. The van der Waals surface area contributed by atoms with Crippen LogP contribution in [0.15, 0.2) is 36.4 Å². The van der Waals surface area contributed by atoms with Crippen LogP contribution in [0.1, 0.15) is 28.5 Å². The number of nitrogens with one attached hydrogen (secondary N) is 1. The summed E-state index contributed by atoms with van der Waals surface area (Å²) in [5.41, 5.74) is 3.15. The van der Waals surface area contributed by atoms with Crippen molar-refractivity contribution < 1.29 is 14.4 Å². The zero-order valence-electron chi connectivity index (χ0n) is 14.3. The molecule has 2 aromatic carbocycles. The summed E-state index contributed by atoms with van der Waals surface area (Å²) in [6.45, 7) is 6.46. The first-order chi connectivity index (χ1) is 11.9. The van der Waals surface area contributed by atoms with Gasteiger partial charge in [0.2, 0.25) is 0 Å². The molecule has 3 aromatic rings. The van der Waals surface area contributed by atoms with Gasteiger partial charge in [0.05, 0.1) is 8.15 Å². The summed E-state index contributed by atoms with van der Waals surface area (Å²) in [5, 5.41) is 12.7. The highest BCUT2D eigenvalue weighted by Gasteiger charge is 2.27. The van der Waals surface area contributed by atoms with Crippen LogP contribution in [0.2, 0.25) is 5.02 Å². The Kier molecular flexibility index (Phi) is 5.14. The third-order valence-electron chi connectivity index (χ3n) is 3.85. The Labute approximate surface area is 152 Å². The van der Waals surface area contributed by atoms with E-state index in [1.54, 1.807) is 18.2 Å². The van der Waals surface area contributed by atoms with Gasteiger partial charge < -0.3 is 14.6 Å². The van der Waals surface area contributed by atoms with Crippen LogP contribution in [0.3, 0.4) is 0 Å². The normalized spacial score (nSPS) is 12.5. The van der Waals surface area contributed by atoms with Crippen molar-refractivity contribution in [2.24, 2.45) is 0 Å². The SMILES string of the molecule is CCOP(c1cc(C)cc(C)c1)c1c(C(=O)O)[nH]c2ccc(Cl)cc12. The van der Waals surface area contributed by atoms with Gasteiger partial charge in [-0.1, -0.05) is 28.8 Å². The second-order valence-corrected chi connectivity index (χ2v) is 8.15. The van der Waals surface area contributed by atoms with Gasteiger partial charge in [0.1, 0.15) is 5.69 Å². The van der Waals surface area contributed by atoms with E-state index in [0.29, 0.717) is 16.9 Å². The zero-order valence-corrected chi connectivity index (χ0v) is 15.9. The first-order valence-electron chi connectivity index (χ1n) is 7.96. The average Bonchev–Trinajstić information content (AvgIpc) is 2.90. The number of hydrogen-bond donors (Lipinski definition) is 2. The van der Waals surface area contributed by atoms with Crippen LogP contribution >= 0.6 is 19.7 Å². The predicted molar refractivity (Wildman–Crippen MR) is 104 cm³/mol. The van der Waals surface area contributed by atoms with E-state index in [2.05, 4.69) is 23.2 Å². The van der Waals surface area contributed by atoms with Crippen molar-refractivity contribution in [1.29, 1.82) is 0 Å². The lowest BCUT2D eigenvalue weighted by Gasteiger charge is -2.19. The van der Waals surface area contributed by atoms with Crippen LogP contribution in [-0.4, -0.2) is 22.7 Å². The van der Waals surface area contributed by atoms with E-state index in [9.17, 15) is 9.90 Å². The molecule has 2 N–H and O–H groups in total. The van der Waals surface area contributed by atoms with Crippen molar-refractivity contribution in [1.82, 2.24) is 4.98 Å². The smallest absolute Gasteiger partial charge is 0.353 e. The summed E-state index contributed by atoms with van der Waals surface area (Å²) in [6, 6.07) is 11.6. The molecule has 130 valence electrons. The van der Waals surface area contributed by atoms with Crippen LogP contribution in [0.25, 0.3) is 10.9 Å². The lowest BCUT2D eigenvalue weighted by Crippen LogP contribution is -2.20. The fourth-order valence-corrected chi connectivity index (χ4v) is 5.35. The topological polar surface area (TPSA) is 62.3 Å². The van der Waals surface area contributed by atoms with Gasteiger partial charge in [0, 0.05) is 33.1 Å². The number of carbonyl (C=O) groups is 1. The zero-order chi connectivity index (χ0) is 18.1. The van der Waals surface area contributed by atoms with Gasteiger partial charge in [0.25, 0.3) is 0 Å². The molecule has 1 unspecified atom stereocenters. The number of rotatable bonds is 5. The Morgan fingerprint density at radius 2 is 1.88 bits per heavy atom. The molecule has 0 bridgehead atoms. The minimum absolute atomic E-state index is 0.163. The van der Waals surface area contributed by atoms with Crippen molar-refractivity contribution in [2.45, 2.75) is 20.8 Å². The summed E-state index contributed by atoms with van der Waals surface area (Å²) in [6.07, 6.45) is 0. The number of hydrogen-bond acceptors (Lipinski definition) is 2. The van der Waals surface area contributed by atoms with Crippen molar-refractivity contribution >= 4 is 47.2 Å². The molecule has 0 aliphatic carbocycles. The number of aromatic amines is 1. The molecule has 25 heavy (non-hydrogen) atoms. The van der Waals surface area contributed by atoms with Gasteiger partial charge in [-0.2, -0.15) is 0 Å². The molecule has 0 saturated carbocycles. The lowest BCUT2D eigenvalue weighted by molar-refractivity contribution is 0.0693. The summed E-state index contributed by atoms with van der Waals surface area (Å²) in [5.74, 6) is -1.00. The highest BCUT2D eigenvalue weighted by atomic mass is 35.5. The number of halogens is 1. The molecule has 0 fully saturated rings. The van der Waals surface area contributed by atoms with Crippen LogP contribution in [-0.2, 0) is 4.52 Å². The number of fused-ring (bicyclic) bond motifs is 1. The minimum Gasteiger partial charge on any atom is -0.477 e. The number of aromatic nitrogens is 1. The second kappa shape index (κ2) is 7.17. The molecule has 1 heterocycles. The van der Waals surface area contributed by atoms with Gasteiger partial charge in [-0.15, -0.1) is 0 Å². The number of aryl methyl sites for hydroxylation is 2. The molecule has 0 saturated heterocycles. The summed E-state index contributed by atoms with van der Waals surface area (Å²) in [7, 11) is -1.28. The van der Waals surface area contributed by atoms with E-state index < -0.39 is 14.1 Å². The van der Waals surface area contributed by atoms with Crippen LogP contribution in [0.5, 0.6) is 0 Å². The number of aromatic carboxylic acids is 1. The minimum atomic E-state index is -1.28. The maximum Gasteiger partial charge on any atom is 0.353 e. The van der Waals surface area contributed by atoms with E-state index in [-0.39, 0.29) is 5.69 Å². The second-order valence-electron chi connectivity index (χ2n) is 5.90. The molecule has 0 amide bonds. The lowest BCUT2D eigenvalue weighted by atomic mass is 10.2. The molecule has 1 aromatic heterocycles. The molecule has 1 atom stereocenters. The third-order valence-corrected chi connectivity index (χ3v) is 6.20. The molecule has 0 spiro atoms. The number of carboxylic acid groups (broad SMARTS) is 1. The Morgan fingerprint density at radius 1 is 1.20 bits per heavy atom. The Hall–Kier alpha value is -1.87. The van der Waals surface area contributed by atoms with Gasteiger partial charge in [-0.3, -0.25) is 0 Å². The van der Waals surface area contributed by atoms with Crippen molar-refractivity contribution in [3.8, 4) is 0 Å². The molecule has 0 aliphatic rings. The maximum atomic E-state index is 11.8. The fraction of sp³-hybridized carbons (Fsp3) is 0.211.